The molecule has 0 spiro atoms. The third-order valence-electron chi connectivity index (χ3n) is 3.43. The van der Waals surface area contributed by atoms with Crippen molar-refractivity contribution in [3.63, 3.8) is 0 Å². The normalized spacial score (nSPS) is 22.4. The Hall–Kier alpha value is -0.920. The van der Waals surface area contributed by atoms with Gasteiger partial charge >= 0.3 is 5.97 Å². The van der Waals surface area contributed by atoms with Gasteiger partial charge in [-0.15, -0.1) is 0 Å². The smallest absolute Gasteiger partial charge is 0.314 e. The molecule has 1 aliphatic carbocycles. The summed E-state index contributed by atoms with van der Waals surface area (Å²) in [7, 11) is 1.24. The number of esters is 1. The highest BCUT2D eigenvalue weighted by atomic mass is 127. The Bertz CT molecular complexity index is 499. The predicted octanol–water partition coefficient (Wildman–Crippen LogP) is 3.87. The Morgan fingerprint density at radius 2 is 1.70 bits per heavy atom. The predicted molar refractivity (Wildman–Crippen MR) is 78.3 cm³/mol. The molecule has 0 heterocycles. The van der Waals surface area contributed by atoms with E-state index in [-0.39, 0.29) is 17.4 Å². The molecule has 2 rings (SSSR count). The van der Waals surface area contributed by atoms with E-state index < -0.39 is 17.6 Å². The molecule has 6 heteroatoms. The summed E-state index contributed by atoms with van der Waals surface area (Å²) in [5.74, 6) is -3.66. The van der Waals surface area contributed by atoms with Gasteiger partial charge in [0, 0.05) is 3.92 Å². The zero-order valence-electron chi connectivity index (χ0n) is 11.0. The van der Waals surface area contributed by atoms with Crippen LogP contribution >= 0.6 is 22.6 Å². The lowest BCUT2D eigenvalue weighted by atomic mass is 9.89. The highest BCUT2D eigenvalue weighted by Crippen LogP contribution is 2.32. The van der Waals surface area contributed by atoms with Gasteiger partial charge in [-0.2, -0.15) is 8.78 Å². The lowest BCUT2D eigenvalue weighted by Gasteiger charge is -2.23. The molecule has 1 aromatic carbocycles. The number of rotatable bonds is 3. The van der Waals surface area contributed by atoms with E-state index in [0.717, 1.165) is 25.7 Å². The lowest BCUT2D eigenvalue weighted by molar-refractivity contribution is -0.140. The molecule has 0 atom stereocenters. The Labute approximate surface area is 129 Å². The van der Waals surface area contributed by atoms with Crippen molar-refractivity contribution in [1.29, 1.82) is 0 Å². The van der Waals surface area contributed by atoms with E-state index in [2.05, 4.69) is 27.3 Å². The molecule has 0 aromatic heterocycles. The number of carbonyl (C=O) groups excluding carboxylic acids is 1. The van der Waals surface area contributed by atoms with Crippen molar-refractivity contribution in [2.75, 3.05) is 7.11 Å². The maximum absolute atomic E-state index is 13.7. The monoisotopic (exact) mass is 396 g/mol. The van der Waals surface area contributed by atoms with Crippen LogP contribution in [0.1, 0.15) is 25.7 Å². The van der Waals surface area contributed by atoms with Gasteiger partial charge in [-0.3, -0.25) is 4.79 Å². The van der Waals surface area contributed by atoms with Crippen molar-refractivity contribution in [2.24, 2.45) is 5.92 Å². The van der Waals surface area contributed by atoms with Crippen molar-refractivity contribution in [1.82, 2.24) is 0 Å². The fourth-order valence-electron chi connectivity index (χ4n) is 2.23. The van der Waals surface area contributed by atoms with Gasteiger partial charge in [-0.05, 0) is 37.8 Å². The van der Waals surface area contributed by atoms with Crippen molar-refractivity contribution >= 4 is 28.6 Å². The molecule has 0 aliphatic heterocycles. The SMILES string of the molecule is COc1ccc(OC(=O)C2CCC(I)CC2)c(F)c1F. The number of halogens is 3. The minimum absolute atomic E-state index is 0.215. The third-order valence-corrected chi connectivity index (χ3v) is 4.68. The van der Waals surface area contributed by atoms with Gasteiger partial charge < -0.3 is 9.47 Å². The molecular formula is C14H15F2IO3. The second-order valence-corrected chi connectivity index (χ2v) is 6.53. The van der Waals surface area contributed by atoms with Crippen molar-refractivity contribution in [2.45, 2.75) is 29.6 Å². The second-order valence-electron chi connectivity index (χ2n) is 4.76. The van der Waals surface area contributed by atoms with Crippen molar-refractivity contribution in [3.05, 3.63) is 23.8 Å². The fourth-order valence-corrected chi connectivity index (χ4v) is 2.95. The van der Waals surface area contributed by atoms with E-state index in [1.807, 2.05) is 0 Å². The molecule has 20 heavy (non-hydrogen) atoms. The van der Waals surface area contributed by atoms with Gasteiger partial charge in [0.2, 0.25) is 11.6 Å². The minimum atomic E-state index is -1.19. The number of hydrogen-bond acceptors (Lipinski definition) is 3. The number of alkyl halides is 1. The molecule has 1 saturated carbocycles. The summed E-state index contributed by atoms with van der Waals surface area (Å²) in [4.78, 5) is 11.9. The van der Waals surface area contributed by atoms with E-state index in [4.69, 9.17) is 4.74 Å². The van der Waals surface area contributed by atoms with Gasteiger partial charge in [-0.1, -0.05) is 22.6 Å². The Morgan fingerprint density at radius 3 is 2.30 bits per heavy atom. The van der Waals surface area contributed by atoms with E-state index in [1.165, 1.54) is 19.2 Å². The molecule has 1 aliphatic rings. The van der Waals surface area contributed by atoms with Crippen LogP contribution in [0.15, 0.2) is 12.1 Å². The van der Waals surface area contributed by atoms with Gasteiger partial charge in [0.25, 0.3) is 0 Å². The molecule has 0 unspecified atom stereocenters. The van der Waals surface area contributed by atoms with Crippen LogP contribution in [-0.4, -0.2) is 17.0 Å². The molecule has 0 amide bonds. The number of ether oxygens (including phenoxy) is 2. The molecule has 1 aromatic rings. The van der Waals surface area contributed by atoms with Crippen molar-refractivity contribution < 1.29 is 23.0 Å². The van der Waals surface area contributed by atoms with Crippen LogP contribution in [0.5, 0.6) is 11.5 Å². The van der Waals surface area contributed by atoms with Crippen LogP contribution in [-0.2, 0) is 4.79 Å². The first-order valence-electron chi connectivity index (χ1n) is 6.40. The minimum Gasteiger partial charge on any atom is -0.494 e. The first kappa shape index (κ1) is 15.5. The number of hydrogen-bond donors (Lipinski definition) is 0. The van der Waals surface area contributed by atoms with Gasteiger partial charge in [0.05, 0.1) is 13.0 Å². The van der Waals surface area contributed by atoms with Crippen LogP contribution in [0.4, 0.5) is 8.78 Å². The molecule has 1 fully saturated rings. The summed E-state index contributed by atoms with van der Waals surface area (Å²) in [5, 5.41) is 0. The summed E-state index contributed by atoms with van der Waals surface area (Å²) in [6.07, 6.45) is 3.35. The zero-order valence-corrected chi connectivity index (χ0v) is 13.2. The number of carbonyl (C=O) groups is 1. The first-order valence-corrected chi connectivity index (χ1v) is 7.65. The largest absolute Gasteiger partial charge is 0.494 e. The molecule has 110 valence electrons. The van der Waals surface area contributed by atoms with E-state index >= 15 is 0 Å². The van der Waals surface area contributed by atoms with Crippen LogP contribution < -0.4 is 9.47 Å². The van der Waals surface area contributed by atoms with E-state index in [9.17, 15) is 13.6 Å². The number of methoxy groups -OCH3 is 1. The first-order chi connectivity index (χ1) is 9.52. The summed E-state index contributed by atoms with van der Waals surface area (Å²) >= 11 is 2.36. The second kappa shape index (κ2) is 6.69. The molecule has 0 saturated heterocycles. The molecule has 0 radical (unpaired) electrons. The van der Waals surface area contributed by atoms with Crippen molar-refractivity contribution in [3.8, 4) is 11.5 Å². The number of benzene rings is 1. The average Bonchev–Trinajstić information content (AvgIpc) is 2.45. The average molecular weight is 396 g/mol. The molecule has 0 bridgehead atoms. The molecule has 0 N–H and O–H groups in total. The topological polar surface area (TPSA) is 35.5 Å². The van der Waals surface area contributed by atoms with Crippen LogP contribution in [0.3, 0.4) is 0 Å². The van der Waals surface area contributed by atoms with E-state index in [0.29, 0.717) is 3.92 Å². The van der Waals surface area contributed by atoms with Crippen LogP contribution in [0.25, 0.3) is 0 Å². The Morgan fingerprint density at radius 1 is 1.15 bits per heavy atom. The molecular weight excluding hydrogens is 381 g/mol. The highest BCUT2D eigenvalue weighted by molar-refractivity contribution is 14.1. The maximum Gasteiger partial charge on any atom is 0.314 e. The van der Waals surface area contributed by atoms with Crippen LogP contribution in [0.2, 0.25) is 0 Å². The summed E-state index contributed by atoms with van der Waals surface area (Å²) in [6, 6.07) is 2.45. The third kappa shape index (κ3) is 3.39. The highest BCUT2D eigenvalue weighted by Gasteiger charge is 2.28. The van der Waals surface area contributed by atoms with Gasteiger partial charge in [-0.25, -0.2) is 0 Å². The van der Waals surface area contributed by atoms with Gasteiger partial charge in [0.15, 0.2) is 11.5 Å². The maximum atomic E-state index is 13.7. The van der Waals surface area contributed by atoms with Gasteiger partial charge in [0.1, 0.15) is 0 Å². The summed E-state index contributed by atoms with van der Waals surface area (Å²) in [5.41, 5.74) is 0. The summed E-state index contributed by atoms with van der Waals surface area (Å²) < 4.78 is 37.4. The fraction of sp³-hybridized carbons (Fsp3) is 0.500. The Kier molecular flexibility index (Phi) is 5.17. The Balaban J connectivity index is 2.06. The quantitative estimate of drug-likeness (QED) is 0.337. The zero-order chi connectivity index (χ0) is 14.7. The molecule has 3 nitrogen and oxygen atoms in total. The van der Waals surface area contributed by atoms with E-state index in [1.54, 1.807) is 0 Å². The lowest BCUT2D eigenvalue weighted by Crippen LogP contribution is -2.26. The van der Waals surface area contributed by atoms with Crippen LogP contribution in [0, 0.1) is 17.6 Å². The standard InChI is InChI=1S/C14H15F2IO3/c1-19-10-6-7-11(13(16)12(10)15)20-14(18)8-2-4-9(17)5-3-8/h6-9H,2-5H2,1H3. The summed E-state index contributed by atoms with van der Waals surface area (Å²) in [6.45, 7) is 0.